The Morgan fingerprint density at radius 1 is 1.06 bits per heavy atom. The van der Waals surface area contributed by atoms with Crippen molar-refractivity contribution in [3.05, 3.63) is 68.1 Å². The first kappa shape index (κ1) is 24.2. The monoisotopic (exact) mass is 549 g/mol. The van der Waals surface area contributed by atoms with Crippen molar-refractivity contribution in [3.8, 4) is 5.75 Å². The minimum absolute atomic E-state index is 0.188. The molecule has 3 aromatic rings. The number of hydrogen-bond donors (Lipinski definition) is 0. The van der Waals surface area contributed by atoms with Gasteiger partial charge in [0.2, 0.25) is 10.0 Å². The predicted octanol–water partition coefficient (Wildman–Crippen LogP) is 4.94. The van der Waals surface area contributed by atoms with E-state index >= 15 is 0 Å². The molecule has 6 nitrogen and oxygen atoms in total. The molecule has 176 valence electrons. The summed E-state index contributed by atoms with van der Waals surface area (Å²) in [7, 11) is -2.16. The van der Waals surface area contributed by atoms with Gasteiger partial charge in [0.15, 0.2) is 5.13 Å². The summed E-state index contributed by atoms with van der Waals surface area (Å²) in [4.78, 5) is 7.23. The van der Waals surface area contributed by atoms with Crippen LogP contribution in [0.15, 0.2) is 45.1 Å². The first-order valence-electron chi connectivity index (χ1n) is 10.8. The molecule has 1 saturated heterocycles. The molecule has 0 spiro atoms. The van der Waals surface area contributed by atoms with Crippen LogP contribution in [-0.2, 0) is 16.4 Å². The average Bonchev–Trinajstić information content (AvgIpc) is 3.25. The van der Waals surface area contributed by atoms with Crippen LogP contribution < -0.4 is 9.64 Å². The highest BCUT2D eigenvalue weighted by Crippen LogP contribution is 2.31. The van der Waals surface area contributed by atoms with Gasteiger partial charge in [0.1, 0.15) is 10.6 Å². The number of nitrogens with zero attached hydrogens (tertiary/aromatic N) is 3. The SMILES string of the molecule is COc1ccc(Br)cc1S(=O)(=O)N1CCN(c2nc(Cc3c(C)cc(C)cc3C)cs2)CC1. The Labute approximate surface area is 208 Å². The number of sulfonamides is 1. The van der Waals surface area contributed by atoms with Crippen LogP contribution in [0.4, 0.5) is 5.13 Å². The molecule has 0 aliphatic carbocycles. The number of halogens is 1. The molecule has 0 atom stereocenters. The predicted molar refractivity (Wildman–Crippen MR) is 137 cm³/mol. The third kappa shape index (κ3) is 5.11. The van der Waals surface area contributed by atoms with Crippen molar-refractivity contribution in [2.24, 2.45) is 0 Å². The maximum absolute atomic E-state index is 13.3. The lowest BCUT2D eigenvalue weighted by atomic mass is 9.96. The summed E-state index contributed by atoms with van der Waals surface area (Å²) in [6.07, 6.45) is 0.811. The second-order valence-corrected chi connectivity index (χ2v) is 12.0. The third-order valence-corrected chi connectivity index (χ3v) is 9.35. The molecule has 2 aromatic carbocycles. The molecule has 0 saturated carbocycles. The lowest BCUT2D eigenvalue weighted by Gasteiger charge is -2.34. The van der Waals surface area contributed by atoms with Crippen LogP contribution in [0.2, 0.25) is 0 Å². The van der Waals surface area contributed by atoms with Crippen LogP contribution in [0.5, 0.6) is 5.75 Å². The second-order valence-electron chi connectivity index (χ2n) is 8.36. The summed E-state index contributed by atoms with van der Waals surface area (Å²) in [5.74, 6) is 0.354. The van der Waals surface area contributed by atoms with Gasteiger partial charge in [0.25, 0.3) is 0 Å². The Kier molecular flexibility index (Phi) is 7.14. The highest BCUT2D eigenvalue weighted by Gasteiger charge is 2.31. The van der Waals surface area contributed by atoms with Crippen molar-refractivity contribution in [2.45, 2.75) is 32.1 Å². The molecule has 0 bridgehead atoms. The molecule has 0 N–H and O–H groups in total. The number of piperazine rings is 1. The number of methoxy groups -OCH3 is 1. The first-order valence-corrected chi connectivity index (χ1v) is 13.9. The standard InChI is InChI=1S/C24H28BrN3O3S2/c1-16-11-17(2)21(18(3)12-16)14-20-15-32-24(26-20)27-7-9-28(10-8-27)33(29,30)23-13-19(25)5-6-22(23)31-4/h5-6,11-13,15H,7-10,14H2,1-4H3. The van der Waals surface area contributed by atoms with Crippen LogP contribution in [0, 0.1) is 20.8 Å². The van der Waals surface area contributed by atoms with Gasteiger partial charge in [-0.2, -0.15) is 4.31 Å². The summed E-state index contributed by atoms with van der Waals surface area (Å²) in [6.45, 7) is 8.45. The Morgan fingerprint density at radius 2 is 1.73 bits per heavy atom. The van der Waals surface area contributed by atoms with E-state index in [1.54, 1.807) is 29.5 Å². The van der Waals surface area contributed by atoms with Crippen LogP contribution in [-0.4, -0.2) is 51.0 Å². The van der Waals surface area contributed by atoms with Crippen LogP contribution in [0.3, 0.4) is 0 Å². The Hall–Kier alpha value is -1.94. The molecule has 2 heterocycles. The zero-order chi connectivity index (χ0) is 23.8. The van der Waals surface area contributed by atoms with Crippen LogP contribution >= 0.6 is 27.3 Å². The maximum Gasteiger partial charge on any atom is 0.246 e. The molecule has 33 heavy (non-hydrogen) atoms. The van der Waals surface area contributed by atoms with Gasteiger partial charge in [-0.1, -0.05) is 33.6 Å². The molecule has 0 unspecified atom stereocenters. The van der Waals surface area contributed by atoms with Crippen molar-refractivity contribution in [2.75, 3.05) is 38.2 Å². The molecule has 9 heteroatoms. The lowest BCUT2D eigenvalue weighted by Crippen LogP contribution is -2.48. The summed E-state index contributed by atoms with van der Waals surface area (Å²) < 4.78 is 34.0. The number of hydrogen-bond acceptors (Lipinski definition) is 6. The quantitative estimate of drug-likeness (QED) is 0.435. The number of thiazole rings is 1. The Morgan fingerprint density at radius 3 is 2.36 bits per heavy atom. The Bertz CT molecular complexity index is 1240. The second kappa shape index (κ2) is 9.74. The third-order valence-electron chi connectivity index (χ3n) is 5.99. The summed E-state index contributed by atoms with van der Waals surface area (Å²) in [5, 5.41) is 3.06. The lowest BCUT2D eigenvalue weighted by molar-refractivity contribution is 0.374. The van der Waals surface area contributed by atoms with Crippen molar-refractivity contribution in [1.29, 1.82) is 0 Å². The summed E-state index contributed by atoms with van der Waals surface area (Å²) in [6, 6.07) is 9.48. The van der Waals surface area contributed by atoms with Crippen LogP contribution in [0.1, 0.15) is 27.9 Å². The topological polar surface area (TPSA) is 62.7 Å². The smallest absolute Gasteiger partial charge is 0.246 e. The van der Waals surface area contributed by atoms with Gasteiger partial charge in [-0.3, -0.25) is 0 Å². The minimum atomic E-state index is -3.65. The first-order chi connectivity index (χ1) is 15.7. The molecule has 4 rings (SSSR count). The zero-order valence-electron chi connectivity index (χ0n) is 19.3. The average molecular weight is 551 g/mol. The van der Waals surface area contributed by atoms with E-state index in [4.69, 9.17) is 9.72 Å². The van der Waals surface area contributed by atoms with Crippen molar-refractivity contribution in [1.82, 2.24) is 9.29 Å². The van der Waals surface area contributed by atoms with Gasteiger partial charge in [0.05, 0.1) is 12.8 Å². The molecule has 0 amide bonds. The molecular weight excluding hydrogens is 522 g/mol. The number of aromatic nitrogens is 1. The number of benzene rings is 2. The highest BCUT2D eigenvalue weighted by atomic mass is 79.9. The van der Waals surface area contributed by atoms with E-state index in [-0.39, 0.29) is 4.90 Å². The molecule has 1 fully saturated rings. The number of anilines is 1. The number of ether oxygens (including phenoxy) is 1. The fourth-order valence-electron chi connectivity index (χ4n) is 4.30. The van der Waals surface area contributed by atoms with E-state index in [1.807, 2.05) is 0 Å². The van der Waals surface area contributed by atoms with E-state index in [0.717, 1.165) is 17.2 Å². The van der Waals surface area contributed by atoms with Gasteiger partial charge in [-0.25, -0.2) is 13.4 Å². The van der Waals surface area contributed by atoms with E-state index < -0.39 is 10.0 Å². The normalized spacial score (nSPS) is 15.1. The van der Waals surface area contributed by atoms with Gasteiger partial charge in [-0.15, -0.1) is 11.3 Å². The van der Waals surface area contributed by atoms with E-state index in [2.05, 4.69) is 59.1 Å². The van der Waals surface area contributed by atoms with Gasteiger partial charge >= 0.3 is 0 Å². The zero-order valence-corrected chi connectivity index (χ0v) is 22.5. The molecular formula is C24H28BrN3O3S2. The summed E-state index contributed by atoms with van der Waals surface area (Å²) >= 11 is 4.99. The maximum atomic E-state index is 13.3. The van der Waals surface area contributed by atoms with Gasteiger partial charge in [0, 0.05) is 42.5 Å². The van der Waals surface area contributed by atoms with E-state index in [9.17, 15) is 8.42 Å². The molecule has 0 radical (unpaired) electrons. The number of aryl methyl sites for hydroxylation is 3. The van der Waals surface area contributed by atoms with E-state index in [1.165, 1.54) is 33.7 Å². The molecule has 1 aliphatic heterocycles. The minimum Gasteiger partial charge on any atom is -0.495 e. The van der Waals surface area contributed by atoms with Crippen molar-refractivity contribution < 1.29 is 13.2 Å². The number of rotatable bonds is 6. The summed E-state index contributed by atoms with van der Waals surface area (Å²) in [5.41, 5.74) is 6.25. The van der Waals surface area contributed by atoms with Gasteiger partial charge < -0.3 is 9.64 Å². The molecule has 1 aromatic heterocycles. The highest BCUT2D eigenvalue weighted by molar-refractivity contribution is 9.10. The van der Waals surface area contributed by atoms with Crippen molar-refractivity contribution in [3.63, 3.8) is 0 Å². The molecule has 1 aliphatic rings. The van der Waals surface area contributed by atoms with Crippen LogP contribution in [0.25, 0.3) is 0 Å². The van der Waals surface area contributed by atoms with Crippen molar-refractivity contribution >= 4 is 42.4 Å². The fourth-order valence-corrected chi connectivity index (χ4v) is 7.30. The van der Waals surface area contributed by atoms with E-state index in [0.29, 0.717) is 36.4 Å². The largest absolute Gasteiger partial charge is 0.495 e. The Balaban J connectivity index is 1.45. The fraction of sp³-hybridized carbons (Fsp3) is 0.375. The van der Waals surface area contributed by atoms with Gasteiger partial charge in [-0.05, 0) is 55.7 Å².